The van der Waals surface area contributed by atoms with E-state index in [0.717, 1.165) is 39.6 Å². The number of benzene rings is 3. The highest BCUT2D eigenvalue weighted by Gasteiger charge is 2.41. The lowest BCUT2D eigenvalue weighted by atomic mass is 10.00. The van der Waals surface area contributed by atoms with Gasteiger partial charge in [-0.15, -0.1) is 0 Å². The van der Waals surface area contributed by atoms with E-state index >= 15 is 0 Å². The van der Waals surface area contributed by atoms with Gasteiger partial charge in [0.2, 0.25) is 0 Å². The number of hydrogen-bond acceptors (Lipinski definition) is 7. The minimum Gasteiger partial charge on any atom is -0.497 e. The quantitative estimate of drug-likeness (QED) is 0.526. The van der Waals surface area contributed by atoms with Gasteiger partial charge in [0.25, 0.3) is 0 Å². The summed E-state index contributed by atoms with van der Waals surface area (Å²) in [7, 11) is 4.93. The Morgan fingerprint density at radius 3 is 2.47 bits per heavy atom. The van der Waals surface area contributed by atoms with Crippen molar-refractivity contribution in [2.75, 3.05) is 27.9 Å². The van der Waals surface area contributed by atoms with E-state index in [1.54, 1.807) is 21.3 Å². The van der Waals surface area contributed by atoms with Crippen LogP contribution >= 0.6 is 0 Å². The molecule has 0 aliphatic carbocycles. The molecule has 0 saturated heterocycles. The molecule has 2 unspecified atom stereocenters. The lowest BCUT2D eigenvalue weighted by Crippen LogP contribution is -2.43. The molecule has 0 aromatic heterocycles. The van der Waals surface area contributed by atoms with Crippen LogP contribution in [0.25, 0.3) is 5.70 Å². The van der Waals surface area contributed by atoms with Gasteiger partial charge >= 0.3 is 0 Å². The summed E-state index contributed by atoms with van der Waals surface area (Å²) >= 11 is 0. The van der Waals surface area contributed by atoms with Crippen LogP contribution in [0.15, 0.2) is 66.7 Å². The Labute approximate surface area is 199 Å². The first-order valence-electron chi connectivity index (χ1n) is 11.2. The van der Waals surface area contributed by atoms with Crippen LogP contribution in [0.4, 0.5) is 0 Å². The maximum absolute atomic E-state index is 6.60. The average molecular weight is 461 g/mol. The Morgan fingerprint density at radius 1 is 0.882 bits per heavy atom. The summed E-state index contributed by atoms with van der Waals surface area (Å²) in [5.74, 6) is 3.59. The van der Waals surface area contributed by atoms with Gasteiger partial charge in [0.15, 0.2) is 29.2 Å². The minimum absolute atomic E-state index is 0.0662. The Bertz CT molecular complexity index is 1230. The molecular formula is C27H28N2O5. The predicted molar refractivity (Wildman–Crippen MR) is 129 cm³/mol. The molecule has 34 heavy (non-hydrogen) atoms. The van der Waals surface area contributed by atoms with Crippen LogP contribution in [0.2, 0.25) is 0 Å². The Balaban J connectivity index is 1.60. The van der Waals surface area contributed by atoms with Crippen molar-refractivity contribution in [3.8, 4) is 28.7 Å². The van der Waals surface area contributed by atoms with Crippen molar-refractivity contribution < 1.29 is 23.7 Å². The molecule has 0 saturated carbocycles. The number of ether oxygens (including phenoxy) is 5. The van der Waals surface area contributed by atoms with E-state index in [0.29, 0.717) is 18.1 Å². The molecule has 2 atom stereocenters. The second kappa shape index (κ2) is 9.19. The SMILES string of the molecule is CCOc1cccc2c1OC(c1ccc(OC)c(OC)c1)N1NC(c3cccc(OC)c3)=CC21. The number of hydrazine groups is 1. The van der Waals surface area contributed by atoms with E-state index in [1.165, 1.54) is 0 Å². The zero-order valence-corrected chi connectivity index (χ0v) is 19.7. The molecule has 176 valence electrons. The third kappa shape index (κ3) is 3.78. The van der Waals surface area contributed by atoms with Gasteiger partial charge in [-0.1, -0.05) is 24.3 Å². The normalized spacial score (nSPS) is 18.6. The fraction of sp³-hybridized carbons (Fsp3) is 0.259. The van der Waals surface area contributed by atoms with Crippen molar-refractivity contribution in [2.24, 2.45) is 0 Å². The van der Waals surface area contributed by atoms with Crippen molar-refractivity contribution in [2.45, 2.75) is 19.2 Å². The molecule has 3 aromatic rings. The molecule has 0 bridgehead atoms. The molecule has 7 nitrogen and oxygen atoms in total. The van der Waals surface area contributed by atoms with Crippen LogP contribution in [0.3, 0.4) is 0 Å². The van der Waals surface area contributed by atoms with Crippen LogP contribution in [0.1, 0.15) is 35.9 Å². The van der Waals surface area contributed by atoms with Crippen molar-refractivity contribution in [1.82, 2.24) is 10.4 Å². The van der Waals surface area contributed by atoms with E-state index in [1.807, 2.05) is 55.5 Å². The van der Waals surface area contributed by atoms with Crippen LogP contribution in [0, 0.1) is 0 Å². The topological polar surface area (TPSA) is 61.4 Å². The lowest BCUT2D eigenvalue weighted by Gasteiger charge is -2.39. The number of methoxy groups -OCH3 is 3. The lowest BCUT2D eigenvalue weighted by molar-refractivity contribution is -0.0347. The highest BCUT2D eigenvalue weighted by Crippen LogP contribution is 2.50. The second-order valence-corrected chi connectivity index (χ2v) is 7.97. The van der Waals surface area contributed by atoms with Crippen molar-refractivity contribution in [3.63, 3.8) is 0 Å². The van der Waals surface area contributed by atoms with Crippen LogP contribution in [-0.4, -0.2) is 32.9 Å². The molecule has 1 N–H and O–H groups in total. The fourth-order valence-electron chi connectivity index (χ4n) is 4.44. The Morgan fingerprint density at radius 2 is 1.71 bits per heavy atom. The standard InChI is InChI=1S/C27H28N2O5/c1-5-33-24-11-7-10-20-22-16-21(17-8-6-9-19(14-17)30-2)28-29(22)27(34-26(20)24)18-12-13-23(31-3)25(15-18)32-4/h6-16,22,27-28H,5H2,1-4H3. The van der Waals surface area contributed by atoms with E-state index in [4.69, 9.17) is 23.7 Å². The molecular weight excluding hydrogens is 432 g/mol. The van der Waals surface area contributed by atoms with Crippen molar-refractivity contribution >= 4 is 5.70 Å². The van der Waals surface area contributed by atoms with E-state index in [-0.39, 0.29) is 6.04 Å². The molecule has 7 heteroatoms. The Hall–Kier alpha value is -3.84. The van der Waals surface area contributed by atoms with Gasteiger partial charge in [-0.25, -0.2) is 0 Å². The first-order chi connectivity index (χ1) is 16.7. The predicted octanol–water partition coefficient (Wildman–Crippen LogP) is 5.10. The van der Waals surface area contributed by atoms with Gasteiger partial charge in [-0.2, -0.15) is 5.01 Å². The first-order valence-corrected chi connectivity index (χ1v) is 11.2. The second-order valence-electron chi connectivity index (χ2n) is 7.97. The molecule has 3 aromatic carbocycles. The van der Waals surface area contributed by atoms with Crippen molar-refractivity contribution in [3.05, 3.63) is 83.4 Å². The summed E-state index contributed by atoms with van der Waals surface area (Å²) < 4.78 is 28.9. The summed E-state index contributed by atoms with van der Waals surface area (Å²) in [6, 6.07) is 19.8. The summed E-state index contributed by atoms with van der Waals surface area (Å²) in [4.78, 5) is 0. The van der Waals surface area contributed by atoms with Gasteiger partial charge in [0, 0.05) is 16.7 Å². The number of fused-ring (bicyclic) bond motifs is 3. The van der Waals surface area contributed by atoms with E-state index in [9.17, 15) is 0 Å². The average Bonchev–Trinajstić information content (AvgIpc) is 3.34. The molecule has 0 fully saturated rings. The summed E-state index contributed by atoms with van der Waals surface area (Å²) in [6.45, 7) is 2.52. The van der Waals surface area contributed by atoms with E-state index in [2.05, 4.69) is 28.6 Å². The largest absolute Gasteiger partial charge is 0.497 e. The summed E-state index contributed by atoms with van der Waals surface area (Å²) in [6.07, 6.45) is 1.78. The maximum atomic E-state index is 6.60. The number of nitrogens with zero attached hydrogens (tertiary/aromatic N) is 1. The minimum atomic E-state index is -0.432. The number of para-hydroxylation sites is 1. The van der Waals surface area contributed by atoms with Crippen molar-refractivity contribution in [1.29, 1.82) is 0 Å². The van der Waals surface area contributed by atoms with Gasteiger partial charge in [0.05, 0.1) is 39.7 Å². The zero-order chi connectivity index (χ0) is 23.7. The maximum Gasteiger partial charge on any atom is 0.196 e. The summed E-state index contributed by atoms with van der Waals surface area (Å²) in [5, 5.41) is 2.11. The fourth-order valence-corrected chi connectivity index (χ4v) is 4.44. The third-order valence-electron chi connectivity index (χ3n) is 6.06. The number of hydrogen-bond donors (Lipinski definition) is 1. The molecule has 2 aliphatic heterocycles. The Kier molecular flexibility index (Phi) is 5.94. The molecule has 0 spiro atoms. The van der Waals surface area contributed by atoms with Gasteiger partial charge in [0.1, 0.15) is 5.75 Å². The molecule has 2 aliphatic rings. The van der Waals surface area contributed by atoms with Gasteiger partial charge < -0.3 is 29.1 Å². The smallest absolute Gasteiger partial charge is 0.196 e. The highest BCUT2D eigenvalue weighted by atomic mass is 16.5. The zero-order valence-electron chi connectivity index (χ0n) is 19.7. The molecule has 5 rings (SSSR count). The molecule has 0 amide bonds. The summed E-state index contributed by atoms with van der Waals surface area (Å²) in [5.41, 5.74) is 7.54. The number of rotatable bonds is 7. The van der Waals surface area contributed by atoms with Crippen LogP contribution in [-0.2, 0) is 0 Å². The van der Waals surface area contributed by atoms with Gasteiger partial charge in [-0.3, -0.25) is 0 Å². The monoisotopic (exact) mass is 460 g/mol. The highest BCUT2D eigenvalue weighted by molar-refractivity contribution is 5.69. The molecule has 0 radical (unpaired) electrons. The number of nitrogens with one attached hydrogen (secondary N) is 1. The van der Waals surface area contributed by atoms with Gasteiger partial charge in [-0.05, 0) is 49.4 Å². The van der Waals surface area contributed by atoms with Crippen LogP contribution < -0.4 is 29.1 Å². The molecule has 2 heterocycles. The first kappa shape index (κ1) is 22.0. The third-order valence-corrected chi connectivity index (χ3v) is 6.06. The van der Waals surface area contributed by atoms with Crippen LogP contribution in [0.5, 0.6) is 28.7 Å². The van der Waals surface area contributed by atoms with E-state index < -0.39 is 6.23 Å².